The van der Waals surface area contributed by atoms with Crippen molar-refractivity contribution in [2.24, 2.45) is 0 Å². The van der Waals surface area contributed by atoms with Gasteiger partial charge in [0, 0.05) is 9.95 Å². The van der Waals surface area contributed by atoms with Gasteiger partial charge in [-0.2, -0.15) is 0 Å². The largest absolute Gasteiger partial charge is 0.287 e. The Hall–Kier alpha value is -1.68. The van der Waals surface area contributed by atoms with E-state index < -0.39 is 17.3 Å². The van der Waals surface area contributed by atoms with Crippen molar-refractivity contribution in [1.29, 1.82) is 0 Å². The molecule has 4 nitrogen and oxygen atoms in total. The molecule has 0 amide bonds. The molecule has 78 valence electrons. The van der Waals surface area contributed by atoms with E-state index in [-0.39, 0.29) is 0 Å². The van der Waals surface area contributed by atoms with Gasteiger partial charge in [0.25, 0.3) is 6.54 Å². The van der Waals surface area contributed by atoms with Gasteiger partial charge in [0.2, 0.25) is 5.78 Å². The number of benzene rings is 1. The first-order valence-electron chi connectivity index (χ1n) is 4.16. The zero-order valence-corrected chi connectivity index (χ0v) is 8.48. The summed E-state index contributed by atoms with van der Waals surface area (Å²) in [5, 5.41) is 10.6. The zero-order valence-electron chi connectivity index (χ0n) is 7.72. The van der Waals surface area contributed by atoms with Gasteiger partial charge in [0.1, 0.15) is 0 Å². The SMILES string of the molecule is O=C(/C=C/c1ccc(Cl)cc1)C[N+](=O)[O-]. The van der Waals surface area contributed by atoms with Crippen LogP contribution in [0.2, 0.25) is 5.02 Å². The maximum atomic E-state index is 10.9. The summed E-state index contributed by atoms with van der Waals surface area (Å²) in [5.41, 5.74) is 0.774. The molecule has 15 heavy (non-hydrogen) atoms. The summed E-state index contributed by atoms with van der Waals surface area (Å²) in [4.78, 5) is 20.3. The van der Waals surface area contributed by atoms with Crippen LogP contribution in [0.3, 0.4) is 0 Å². The van der Waals surface area contributed by atoms with E-state index in [1.54, 1.807) is 24.3 Å². The molecule has 0 aliphatic heterocycles. The lowest BCUT2D eigenvalue weighted by atomic mass is 10.2. The van der Waals surface area contributed by atoms with Crippen molar-refractivity contribution in [3.05, 3.63) is 51.0 Å². The Kier molecular flexibility index (Phi) is 4.00. The van der Waals surface area contributed by atoms with E-state index in [2.05, 4.69) is 0 Å². The summed E-state index contributed by atoms with van der Waals surface area (Å²) in [6.07, 6.45) is 2.70. The van der Waals surface area contributed by atoms with Crippen LogP contribution >= 0.6 is 11.6 Å². The first-order valence-corrected chi connectivity index (χ1v) is 4.54. The average Bonchev–Trinajstić information content (AvgIpc) is 2.16. The van der Waals surface area contributed by atoms with Gasteiger partial charge in [-0.15, -0.1) is 0 Å². The van der Waals surface area contributed by atoms with E-state index >= 15 is 0 Å². The number of halogens is 1. The molecule has 0 saturated carbocycles. The summed E-state index contributed by atoms with van der Waals surface area (Å²) >= 11 is 5.66. The fourth-order valence-corrected chi connectivity index (χ4v) is 1.07. The average molecular weight is 226 g/mol. The highest BCUT2D eigenvalue weighted by Crippen LogP contribution is 2.10. The molecule has 0 aromatic heterocycles. The van der Waals surface area contributed by atoms with Gasteiger partial charge in [-0.05, 0) is 23.8 Å². The van der Waals surface area contributed by atoms with Crippen LogP contribution in [0.4, 0.5) is 0 Å². The first-order chi connectivity index (χ1) is 7.08. The molecule has 0 unspecified atom stereocenters. The predicted octanol–water partition coefficient (Wildman–Crippen LogP) is 2.20. The molecule has 0 aliphatic carbocycles. The Labute approximate surface area is 91.3 Å². The van der Waals surface area contributed by atoms with E-state index in [0.29, 0.717) is 5.02 Å². The number of carbonyl (C=O) groups excluding carboxylic acids is 1. The highest BCUT2D eigenvalue weighted by molar-refractivity contribution is 6.30. The van der Waals surface area contributed by atoms with E-state index in [1.165, 1.54) is 12.2 Å². The molecule has 0 radical (unpaired) electrons. The highest BCUT2D eigenvalue weighted by Gasteiger charge is 2.04. The first kappa shape index (κ1) is 11.4. The topological polar surface area (TPSA) is 60.2 Å². The minimum atomic E-state index is -0.676. The fourth-order valence-electron chi connectivity index (χ4n) is 0.943. The number of nitrogens with zero attached hydrogens (tertiary/aromatic N) is 1. The summed E-state index contributed by atoms with van der Waals surface area (Å²) in [5.74, 6) is -0.532. The fraction of sp³-hybridized carbons (Fsp3) is 0.100. The van der Waals surface area contributed by atoms with Crippen LogP contribution in [-0.2, 0) is 4.79 Å². The van der Waals surface area contributed by atoms with Crippen LogP contribution in [-0.4, -0.2) is 17.3 Å². The summed E-state index contributed by atoms with van der Waals surface area (Å²) in [6, 6.07) is 6.80. The molecule has 0 aliphatic rings. The van der Waals surface area contributed by atoms with Crippen LogP contribution in [0, 0.1) is 10.1 Å². The summed E-state index contributed by atoms with van der Waals surface area (Å²) < 4.78 is 0. The number of carbonyl (C=O) groups is 1. The predicted molar refractivity (Wildman–Crippen MR) is 57.4 cm³/mol. The van der Waals surface area contributed by atoms with Crippen molar-refractivity contribution in [3.8, 4) is 0 Å². The van der Waals surface area contributed by atoms with Crippen LogP contribution < -0.4 is 0 Å². The standard InChI is InChI=1S/C10H8ClNO3/c11-9-4-1-8(2-5-9)3-6-10(13)7-12(14)15/h1-6H,7H2/b6-3+. The van der Waals surface area contributed by atoms with Gasteiger partial charge in [-0.3, -0.25) is 14.9 Å². The number of hydrogen-bond donors (Lipinski definition) is 0. The Bertz CT molecular complexity index is 398. The van der Waals surface area contributed by atoms with Crippen molar-refractivity contribution in [3.63, 3.8) is 0 Å². The second-order valence-corrected chi connectivity index (χ2v) is 3.28. The van der Waals surface area contributed by atoms with Gasteiger partial charge in [0.15, 0.2) is 0 Å². The van der Waals surface area contributed by atoms with Gasteiger partial charge < -0.3 is 0 Å². The molecule has 1 aromatic carbocycles. The quantitative estimate of drug-likeness (QED) is 0.448. The Balaban J connectivity index is 2.61. The maximum absolute atomic E-state index is 10.9. The third-order valence-corrected chi connectivity index (χ3v) is 1.87. The second kappa shape index (κ2) is 5.26. The third kappa shape index (κ3) is 4.37. The van der Waals surface area contributed by atoms with Gasteiger partial charge in [0.05, 0.1) is 0 Å². The number of hydrogen-bond acceptors (Lipinski definition) is 3. The van der Waals surface area contributed by atoms with Gasteiger partial charge in [-0.1, -0.05) is 29.8 Å². The molecule has 5 heteroatoms. The van der Waals surface area contributed by atoms with E-state index in [1.807, 2.05) is 0 Å². The minimum Gasteiger partial charge on any atom is -0.287 e. The summed E-state index contributed by atoms with van der Waals surface area (Å²) in [6.45, 7) is -0.676. The van der Waals surface area contributed by atoms with Crippen molar-refractivity contribution in [2.45, 2.75) is 0 Å². The lowest BCUT2D eigenvalue weighted by molar-refractivity contribution is -0.466. The molecule has 0 saturated heterocycles. The maximum Gasteiger partial charge on any atom is 0.265 e. The highest BCUT2D eigenvalue weighted by atomic mass is 35.5. The molecule has 0 bridgehead atoms. The molecular formula is C10H8ClNO3. The van der Waals surface area contributed by atoms with Crippen molar-refractivity contribution < 1.29 is 9.72 Å². The summed E-state index contributed by atoms with van der Waals surface area (Å²) in [7, 11) is 0. The molecule has 0 N–H and O–H groups in total. The lowest BCUT2D eigenvalue weighted by Crippen LogP contribution is -2.10. The van der Waals surface area contributed by atoms with Crippen LogP contribution in [0.25, 0.3) is 6.08 Å². The van der Waals surface area contributed by atoms with Crippen LogP contribution in [0.1, 0.15) is 5.56 Å². The Morgan fingerprint density at radius 2 is 2.00 bits per heavy atom. The Morgan fingerprint density at radius 3 is 2.53 bits per heavy atom. The molecule has 0 spiro atoms. The molecular weight excluding hydrogens is 218 g/mol. The number of rotatable bonds is 4. The normalized spacial score (nSPS) is 10.5. The van der Waals surface area contributed by atoms with E-state index in [4.69, 9.17) is 11.6 Å². The van der Waals surface area contributed by atoms with Crippen molar-refractivity contribution in [2.75, 3.05) is 6.54 Å². The zero-order chi connectivity index (χ0) is 11.3. The van der Waals surface area contributed by atoms with Crippen LogP contribution in [0.15, 0.2) is 30.3 Å². The molecule has 1 aromatic rings. The smallest absolute Gasteiger partial charge is 0.265 e. The number of ketones is 1. The number of nitro groups is 1. The van der Waals surface area contributed by atoms with Gasteiger partial charge >= 0.3 is 0 Å². The van der Waals surface area contributed by atoms with E-state index in [9.17, 15) is 14.9 Å². The molecule has 0 heterocycles. The molecule has 1 rings (SSSR count). The minimum absolute atomic E-state index is 0.532. The van der Waals surface area contributed by atoms with Gasteiger partial charge in [-0.25, -0.2) is 0 Å². The monoisotopic (exact) mass is 225 g/mol. The van der Waals surface area contributed by atoms with Crippen LogP contribution in [0.5, 0.6) is 0 Å². The second-order valence-electron chi connectivity index (χ2n) is 2.84. The molecule has 0 fully saturated rings. The van der Waals surface area contributed by atoms with E-state index in [0.717, 1.165) is 5.56 Å². The molecule has 0 atom stereocenters. The lowest BCUT2D eigenvalue weighted by Gasteiger charge is -1.92. The third-order valence-electron chi connectivity index (χ3n) is 1.62. The Morgan fingerprint density at radius 1 is 1.40 bits per heavy atom. The van der Waals surface area contributed by atoms with Crippen molar-refractivity contribution >= 4 is 23.5 Å². The van der Waals surface area contributed by atoms with Crippen molar-refractivity contribution in [1.82, 2.24) is 0 Å².